The average Bonchev–Trinajstić information content (AvgIpc) is 3.39. The Morgan fingerprint density at radius 2 is 1.77 bits per heavy atom. The first-order valence-electron chi connectivity index (χ1n) is 10.8. The van der Waals surface area contributed by atoms with Gasteiger partial charge >= 0.3 is 0 Å². The quantitative estimate of drug-likeness (QED) is 0.688. The van der Waals surface area contributed by atoms with Crippen molar-refractivity contribution in [3.8, 4) is 5.75 Å². The number of fused-ring (bicyclic) bond motifs is 2. The number of nitrogens with one attached hydrogen (secondary N) is 1. The van der Waals surface area contributed by atoms with Crippen LogP contribution in [0.15, 0.2) is 54.6 Å². The van der Waals surface area contributed by atoms with Crippen molar-refractivity contribution in [3.05, 3.63) is 71.8 Å². The number of likely N-dealkylation sites (tertiary alicyclic amines) is 1. The van der Waals surface area contributed by atoms with Crippen molar-refractivity contribution >= 4 is 11.6 Å². The maximum atomic E-state index is 13.0. The van der Waals surface area contributed by atoms with E-state index < -0.39 is 0 Å². The van der Waals surface area contributed by atoms with E-state index in [9.17, 15) is 4.79 Å². The Balaban J connectivity index is 1.30. The molecule has 1 saturated heterocycles. The number of carbonyl (C=O) groups is 1. The zero-order chi connectivity index (χ0) is 21.3. The number of aromatic nitrogens is 3. The molecule has 160 valence electrons. The number of carbonyl (C=O) groups excluding carboxylic acids is 1. The minimum atomic E-state index is -0.211. The molecule has 7 heteroatoms. The fraction of sp³-hybridized carbons (Fsp3) is 0.375. The van der Waals surface area contributed by atoms with Crippen molar-refractivity contribution in [2.24, 2.45) is 0 Å². The zero-order valence-electron chi connectivity index (χ0n) is 17.8. The minimum absolute atomic E-state index is 0.0569. The molecule has 2 aliphatic heterocycles. The van der Waals surface area contributed by atoms with Crippen molar-refractivity contribution in [3.63, 3.8) is 0 Å². The van der Waals surface area contributed by atoms with Crippen LogP contribution in [0.3, 0.4) is 0 Å². The first-order valence-corrected chi connectivity index (χ1v) is 10.8. The van der Waals surface area contributed by atoms with Crippen LogP contribution in [0.5, 0.6) is 5.75 Å². The first-order chi connectivity index (χ1) is 15.2. The van der Waals surface area contributed by atoms with Crippen LogP contribution in [-0.4, -0.2) is 45.8 Å². The second kappa shape index (κ2) is 8.15. The molecule has 0 bridgehead atoms. The molecule has 31 heavy (non-hydrogen) atoms. The summed E-state index contributed by atoms with van der Waals surface area (Å²) in [4.78, 5) is 15.5. The summed E-state index contributed by atoms with van der Waals surface area (Å²) in [6, 6.07) is 17.9. The van der Waals surface area contributed by atoms with Gasteiger partial charge in [-0.05, 0) is 49.1 Å². The van der Waals surface area contributed by atoms with Gasteiger partial charge in [0.2, 0.25) is 5.82 Å². The molecule has 0 radical (unpaired) electrons. The van der Waals surface area contributed by atoms with E-state index in [0.29, 0.717) is 11.5 Å². The number of rotatable bonds is 5. The molecule has 3 aromatic rings. The molecule has 1 spiro atoms. The van der Waals surface area contributed by atoms with Crippen LogP contribution in [-0.2, 0) is 18.5 Å². The van der Waals surface area contributed by atoms with Gasteiger partial charge < -0.3 is 14.6 Å². The maximum Gasteiger partial charge on any atom is 0.293 e. The summed E-state index contributed by atoms with van der Waals surface area (Å²) >= 11 is 0. The number of amides is 1. The SMILES string of the molecule is COc1ccc(NC(=O)c2nnc3n2C2(CC3)CCN(Cc3ccccc3)CC2)cc1. The fourth-order valence-corrected chi connectivity index (χ4v) is 4.88. The summed E-state index contributed by atoms with van der Waals surface area (Å²) in [7, 11) is 1.62. The van der Waals surface area contributed by atoms with Crippen LogP contribution in [0.1, 0.15) is 41.3 Å². The smallest absolute Gasteiger partial charge is 0.293 e. The highest BCUT2D eigenvalue weighted by Crippen LogP contribution is 2.41. The summed E-state index contributed by atoms with van der Waals surface area (Å²) in [6.45, 7) is 2.98. The highest BCUT2D eigenvalue weighted by Gasteiger charge is 2.44. The molecule has 2 aromatic carbocycles. The van der Waals surface area contributed by atoms with Gasteiger partial charge in [-0.3, -0.25) is 9.69 Å². The van der Waals surface area contributed by atoms with Gasteiger partial charge in [0, 0.05) is 31.7 Å². The second-order valence-electron chi connectivity index (χ2n) is 8.44. The van der Waals surface area contributed by atoms with Gasteiger partial charge in [0.05, 0.1) is 12.6 Å². The predicted octanol–water partition coefficient (Wildman–Crippen LogP) is 3.48. The minimum Gasteiger partial charge on any atom is -0.497 e. The van der Waals surface area contributed by atoms with Crippen LogP contribution in [0.25, 0.3) is 0 Å². The molecule has 0 unspecified atom stereocenters. The van der Waals surface area contributed by atoms with Gasteiger partial charge in [-0.25, -0.2) is 0 Å². The van der Waals surface area contributed by atoms with Gasteiger partial charge in [0.1, 0.15) is 11.6 Å². The zero-order valence-corrected chi connectivity index (χ0v) is 17.8. The van der Waals surface area contributed by atoms with E-state index in [1.165, 1.54) is 5.56 Å². The van der Waals surface area contributed by atoms with Crippen molar-refractivity contribution in [2.45, 2.75) is 37.8 Å². The Hall–Kier alpha value is -3.19. The summed E-state index contributed by atoms with van der Waals surface area (Å²) in [6.07, 6.45) is 3.92. The van der Waals surface area contributed by atoms with Crippen molar-refractivity contribution in [1.82, 2.24) is 19.7 Å². The number of hydrogen-bond acceptors (Lipinski definition) is 5. The highest BCUT2D eigenvalue weighted by atomic mass is 16.5. The molecule has 0 aliphatic carbocycles. The van der Waals surface area contributed by atoms with E-state index in [1.54, 1.807) is 7.11 Å². The number of ether oxygens (including phenoxy) is 1. The molecular weight excluding hydrogens is 390 g/mol. The lowest BCUT2D eigenvalue weighted by Gasteiger charge is -2.40. The molecule has 2 aliphatic rings. The molecular formula is C24H27N5O2. The first kappa shape index (κ1) is 19.8. The number of hydrogen-bond donors (Lipinski definition) is 1. The molecule has 0 atom stereocenters. The van der Waals surface area contributed by atoms with Crippen LogP contribution >= 0.6 is 0 Å². The monoisotopic (exact) mass is 417 g/mol. The fourth-order valence-electron chi connectivity index (χ4n) is 4.88. The molecule has 1 fully saturated rings. The van der Waals surface area contributed by atoms with E-state index >= 15 is 0 Å². The third-order valence-electron chi connectivity index (χ3n) is 6.61. The van der Waals surface area contributed by atoms with E-state index in [1.807, 2.05) is 24.3 Å². The van der Waals surface area contributed by atoms with Crippen molar-refractivity contribution in [2.75, 3.05) is 25.5 Å². The maximum absolute atomic E-state index is 13.0. The van der Waals surface area contributed by atoms with E-state index in [2.05, 4.69) is 55.3 Å². The number of aryl methyl sites for hydroxylation is 1. The van der Waals surface area contributed by atoms with Gasteiger partial charge in [-0.2, -0.15) is 0 Å². The molecule has 1 amide bonds. The third-order valence-corrected chi connectivity index (χ3v) is 6.61. The van der Waals surface area contributed by atoms with Crippen molar-refractivity contribution < 1.29 is 9.53 Å². The van der Waals surface area contributed by atoms with Crippen LogP contribution in [0, 0.1) is 0 Å². The molecule has 1 N–H and O–H groups in total. The lowest BCUT2D eigenvalue weighted by molar-refractivity contribution is 0.0935. The lowest BCUT2D eigenvalue weighted by atomic mass is 9.85. The molecule has 3 heterocycles. The Morgan fingerprint density at radius 3 is 2.48 bits per heavy atom. The van der Waals surface area contributed by atoms with Gasteiger partial charge in [0.25, 0.3) is 5.91 Å². The number of benzene rings is 2. The predicted molar refractivity (Wildman–Crippen MR) is 118 cm³/mol. The summed E-state index contributed by atoms with van der Waals surface area (Å²) < 4.78 is 7.32. The number of piperidine rings is 1. The van der Waals surface area contributed by atoms with E-state index in [0.717, 1.165) is 56.9 Å². The Bertz CT molecular complexity index is 1050. The lowest BCUT2D eigenvalue weighted by Crippen LogP contribution is -2.45. The Labute approximate surface area is 182 Å². The summed E-state index contributed by atoms with van der Waals surface area (Å²) in [5.74, 6) is 1.88. The van der Waals surface area contributed by atoms with Crippen LogP contribution < -0.4 is 10.1 Å². The standard InChI is InChI=1S/C24H27N5O2/c1-31-20-9-7-19(8-10-20)25-23(30)22-27-26-21-11-12-24(29(21)22)13-15-28(16-14-24)17-18-5-3-2-4-6-18/h2-10H,11-17H2,1H3,(H,25,30). The van der Waals surface area contributed by atoms with Gasteiger partial charge in [0.15, 0.2) is 0 Å². The van der Waals surface area contributed by atoms with E-state index in [-0.39, 0.29) is 11.4 Å². The normalized spacial score (nSPS) is 17.5. The summed E-state index contributed by atoms with van der Waals surface area (Å²) in [5.41, 5.74) is 2.00. The number of anilines is 1. The molecule has 5 rings (SSSR count). The third kappa shape index (κ3) is 3.81. The largest absolute Gasteiger partial charge is 0.497 e. The number of methoxy groups -OCH3 is 1. The molecule has 7 nitrogen and oxygen atoms in total. The van der Waals surface area contributed by atoms with Gasteiger partial charge in [-0.15, -0.1) is 10.2 Å². The second-order valence-corrected chi connectivity index (χ2v) is 8.44. The average molecular weight is 418 g/mol. The summed E-state index contributed by atoms with van der Waals surface area (Å²) in [5, 5.41) is 11.6. The topological polar surface area (TPSA) is 72.3 Å². The van der Waals surface area contributed by atoms with E-state index in [4.69, 9.17) is 4.74 Å². The Morgan fingerprint density at radius 1 is 1.03 bits per heavy atom. The van der Waals surface area contributed by atoms with Gasteiger partial charge in [-0.1, -0.05) is 30.3 Å². The Kier molecular flexibility index (Phi) is 5.19. The van der Waals surface area contributed by atoms with Crippen molar-refractivity contribution in [1.29, 1.82) is 0 Å². The van der Waals surface area contributed by atoms with Crippen LogP contribution in [0.2, 0.25) is 0 Å². The van der Waals surface area contributed by atoms with Crippen LogP contribution in [0.4, 0.5) is 5.69 Å². The highest BCUT2D eigenvalue weighted by molar-refractivity contribution is 6.01. The molecule has 0 saturated carbocycles. The number of nitrogens with zero attached hydrogens (tertiary/aromatic N) is 4. The molecule has 1 aromatic heterocycles.